The van der Waals surface area contributed by atoms with Crippen LogP contribution in [-0.2, 0) is 10.2 Å². The Morgan fingerprint density at radius 2 is 1.80 bits per heavy atom. The highest BCUT2D eigenvalue weighted by Crippen LogP contribution is 2.32. The summed E-state index contributed by atoms with van der Waals surface area (Å²) in [6, 6.07) is 12.8. The van der Waals surface area contributed by atoms with Gasteiger partial charge in [0.15, 0.2) is 6.10 Å². The van der Waals surface area contributed by atoms with Crippen molar-refractivity contribution >= 4 is 23.2 Å². The topological polar surface area (TPSA) is 67.4 Å². The zero-order valence-electron chi connectivity index (χ0n) is 14.8. The Morgan fingerprint density at radius 1 is 1.12 bits per heavy atom. The van der Waals surface area contributed by atoms with E-state index in [9.17, 15) is 9.59 Å². The van der Waals surface area contributed by atoms with Crippen molar-refractivity contribution in [3.8, 4) is 5.75 Å². The van der Waals surface area contributed by atoms with E-state index in [2.05, 4.69) is 31.4 Å². The lowest BCUT2D eigenvalue weighted by atomic mass is 9.87. The van der Waals surface area contributed by atoms with Crippen molar-refractivity contribution in [2.24, 2.45) is 0 Å². The fraction of sp³-hybridized carbons (Fsp3) is 0.300. The van der Waals surface area contributed by atoms with Crippen LogP contribution in [-0.4, -0.2) is 17.9 Å². The van der Waals surface area contributed by atoms with Crippen molar-refractivity contribution in [2.45, 2.75) is 39.2 Å². The second kappa shape index (κ2) is 6.24. The first kappa shape index (κ1) is 17.0. The Balaban J connectivity index is 1.75. The quantitative estimate of drug-likeness (QED) is 0.871. The molecule has 130 valence electrons. The molecular weight excluding hydrogens is 316 g/mol. The lowest BCUT2D eigenvalue weighted by Crippen LogP contribution is -2.34. The van der Waals surface area contributed by atoms with E-state index in [1.54, 1.807) is 25.1 Å². The van der Waals surface area contributed by atoms with Gasteiger partial charge in [0.25, 0.3) is 11.8 Å². The molecule has 2 amide bonds. The second-order valence-corrected chi connectivity index (χ2v) is 7.24. The van der Waals surface area contributed by atoms with Crippen LogP contribution in [0, 0.1) is 0 Å². The number of hydrogen-bond acceptors (Lipinski definition) is 3. The van der Waals surface area contributed by atoms with E-state index in [1.807, 2.05) is 24.3 Å². The van der Waals surface area contributed by atoms with E-state index in [0.717, 1.165) is 0 Å². The maximum atomic E-state index is 12.4. The summed E-state index contributed by atoms with van der Waals surface area (Å²) in [5.41, 5.74) is 2.96. The molecule has 1 unspecified atom stereocenters. The number of amides is 2. The van der Waals surface area contributed by atoms with Crippen LogP contribution < -0.4 is 15.4 Å². The molecule has 0 fully saturated rings. The lowest BCUT2D eigenvalue weighted by molar-refractivity contribution is -0.122. The summed E-state index contributed by atoms with van der Waals surface area (Å²) in [6.07, 6.45) is -0.519. The van der Waals surface area contributed by atoms with Gasteiger partial charge in [-0.2, -0.15) is 0 Å². The van der Waals surface area contributed by atoms with Crippen molar-refractivity contribution in [3.63, 3.8) is 0 Å². The van der Waals surface area contributed by atoms with E-state index >= 15 is 0 Å². The number of carbonyl (C=O) groups excluding carboxylic acids is 2. The number of anilines is 2. The Labute approximate surface area is 147 Å². The first-order valence-corrected chi connectivity index (χ1v) is 8.27. The third-order valence-corrected chi connectivity index (χ3v) is 4.18. The van der Waals surface area contributed by atoms with E-state index in [0.29, 0.717) is 22.7 Å². The molecule has 5 nitrogen and oxygen atoms in total. The Bertz CT molecular complexity index is 820. The van der Waals surface area contributed by atoms with E-state index in [1.165, 1.54) is 5.56 Å². The highest BCUT2D eigenvalue weighted by molar-refractivity contribution is 6.05. The van der Waals surface area contributed by atoms with E-state index in [4.69, 9.17) is 4.74 Å². The smallest absolute Gasteiger partial charge is 0.265 e. The van der Waals surface area contributed by atoms with Gasteiger partial charge in [-0.05, 0) is 48.2 Å². The van der Waals surface area contributed by atoms with Crippen molar-refractivity contribution in [2.75, 3.05) is 10.6 Å². The van der Waals surface area contributed by atoms with Crippen LogP contribution in [0.3, 0.4) is 0 Å². The number of fused-ring (bicyclic) bond motifs is 1. The summed E-state index contributed by atoms with van der Waals surface area (Å²) in [6.45, 7) is 8.08. The first-order valence-electron chi connectivity index (χ1n) is 8.27. The van der Waals surface area contributed by atoms with Gasteiger partial charge in [-0.25, -0.2) is 0 Å². The van der Waals surface area contributed by atoms with Gasteiger partial charge in [0, 0.05) is 11.3 Å². The summed E-state index contributed by atoms with van der Waals surface area (Å²) < 4.78 is 5.51. The fourth-order valence-corrected chi connectivity index (χ4v) is 2.61. The summed E-state index contributed by atoms with van der Waals surface area (Å²) >= 11 is 0. The van der Waals surface area contributed by atoms with Crippen LogP contribution in [0.4, 0.5) is 11.4 Å². The molecule has 0 radical (unpaired) electrons. The maximum Gasteiger partial charge on any atom is 0.265 e. The van der Waals surface area contributed by atoms with Crippen LogP contribution in [0.15, 0.2) is 42.5 Å². The molecule has 1 heterocycles. The van der Waals surface area contributed by atoms with E-state index < -0.39 is 6.10 Å². The van der Waals surface area contributed by atoms with Crippen LogP contribution in [0.2, 0.25) is 0 Å². The molecule has 5 heteroatoms. The summed E-state index contributed by atoms with van der Waals surface area (Å²) in [4.78, 5) is 24.1. The molecule has 25 heavy (non-hydrogen) atoms. The van der Waals surface area contributed by atoms with Gasteiger partial charge in [0.2, 0.25) is 0 Å². The first-order chi connectivity index (χ1) is 11.7. The number of nitrogens with one attached hydrogen (secondary N) is 2. The van der Waals surface area contributed by atoms with Crippen molar-refractivity contribution in [3.05, 3.63) is 53.6 Å². The molecule has 0 aliphatic carbocycles. The summed E-state index contributed by atoms with van der Waals surface area (Å²) in [5.74, 6) is 0.199. The molecule has 0 spiro atoms. The van der Waals surface area contributed by atoms with Crippen LogP contribution in [0.5, 0.6) is 5.75 Å². The van der Waals surface area contributed by atoms with Crippen LogP contribution in [0.25, 0.3) is 0 Å². The number of hydrogen-bond donors (Lipinski definition) is 2. The van der Waals surface area contributed by atoms with Gasteiger partial charge >= 0.3 is 0 Å². The van der Waals surface area contributed by atoms with Crippen molar-refractivity contribution in [1.29, 1.82) is 0 Å². The highest BCUT2D eigenvalue weighted by atomic mass is 16.5. The van der Waals surface area contributed by atoms with Crippen LogP contribution >= 0.6 is 0 Å². The molecule has 2 aromatic rings. The minimum Gasteiger partial charge on any atom is -0.479 e. The summed E-state index contributed by atoms with van der Waals surface area (Å²) in [7, 11) is 0. The zero-order valence-corrected chi connectivity index (χ0v) is 14.8. The molecule has 2 N–H and O–H groups in total. The number of rotatable bonds is 2. The molecule has 1 aliphatic heterocycles. The highest BCUT2D eigenvalue weighted by Gasteiger charge is 2.23. The maximum absolute atomic E-state index is 12.4. The molecule has 0 aromatic heterocycles. The van der Waals surface area contributed by atoms with E-state index in [-0.39, 0.29) is 17.2 Å². The Kier molecular flexibility index (Phi) is 4.25. The average Bonchev–Trinajstić information content (AvgIpc) is 2.55. The second-order valence-electron chi connectivity index (χ2n) is 7.24. The Morgan fingerprint density at radius 3 is 2.44 bits per heavy atom. The van der Waals surface area contributed by atoms with Gasteiger partial charge in [-0.15, -0.1) is 0 Å². The van der Waals surface area contributed by atoms with Gasteiger partial charge in [0.1, 0.15) is 5.75 Å². The average molecular weight is 338 g/mol. The molecule has 0 bridgehead atoms. The van der Waals surface area contributed by atoms with Crippen LogP contribution in [0.1, 0.15) is 43.6 Å². The molecule has 1 aliphatic rings. The summed E-state index contributed by atoms with van der Waals surface area (Å²) in [5, 5.41) is 5.62. The third kappa shape index (κ3) is 3.65. The van der Waals surface area contributed by atoms with Crippen molar-refractivity contribution in [1.82, 2.24) is 0 Å². The normalized spacial score (nSPS) is 16.5. The van der Waals surface area contributed by atoms with Crippen molar-refractivity contribution < 1.29 is 14.3 Å². The fourth-order valence-electron chi connectivity index (χ4n) is 2.61. The zero-order chi connectivity index (χ0) is 18.2. The Hall–Kier alpha value is -2.82. The minimum absolute atomic E-state index is 0.0445. The molecule has 2 aromatic carbocycles. The van der Waals surface area contributed by atoms with Gasteiger partial charge in [0.05, 0.1) is 5.69 Å². The SMILES string of the molecule is CC1Oc2ccc(NC(=O)c3ccc(C(C)(C)C)cc3)cc2NC1=O. The largest absolute Gasteiger partial charge is 0.479 e. The predicted octanol–water partition coefficient (Wildman–Crippen LogP) is 3.96. The standard InChI is InChI=1S/C20H22N2O3/c1-12-18(23)22-16-11-15(9-10-17(16)25-12)21-19(24)13-5-7-14(8-6-13)20(2,3)4/h5-12H,1-4H3,(H,21,24)(H,22,23). The number of benzene rings is 2. The van der Waals surface area contributed by atoms with Gasteiger partial charge in [-0.3, -0.25) is 9.59 Å². The molecule has 0 saturated heterocycles. The number of carbonyl (C=O) groups is 2. The predicted molar refractivity (Wildman–Crippen MR) is 98.3 cm³/mol. The molecule has 3 rings (SSSR count). The number of ether oxygens (including phenoxy) is 1. The molecule has 0 saturated carbocycles. The van der Waals surface area contributed by atoms with Gasteiger partial charge < -0.3 is 15.4 Å². The monoisotopic (exact) mass is 338 g/mol. The molecular formula is C20H22N2O3. The molecule has 1 atom stereocenters. The minimum atomic E-state index is -0.519. The van der Waals surface area contributed by atoms with Gasteiger partial charge in [-0.1, -0.05) is 32.9 Å². The third-order valence-electron chi connectivity index (χ3n) is 4.18. The lowest BCUT2D eigenvalue weighted by Gasteiger charge is -2.23.